The van der Waals surface area contributed by atoms with Gasteiger partial charge in [0.25, 0.3) is 0 Å². The second kappa shape index (κ2) is 6.12. The van der Waals surface area contributed by atoms with Gasteiger partial charge in [-0.15, -0.1) is 0 Å². The number of hydrogen-bond donors (Lipinski definition) is 2. The molecule has 5 heteroatoms. The fraction of sp³-hybridized carbons (Fsp3) is 0.571. The third-order valence-corrected chi connectivity index (χ3v) is 3.07. The Hall–Kier alpha value is -1.46. The van der Waals surface area contributed by atoms with Crippen molar-refractivity contribution < 1.29 is 19.3 Å². The van der Waals surface area contributed by atoms with E-state index < -0.39 is 0 Å². The summed E-state index contributed by atoms with van der Waals surface area (Å²) in [7, 11) is 1.62. The van der Waals surface area contributed by atoms with Gasteiger partial charge in [0.1, 0.15) is 0 Å². The van der Waals surface area contributed by atoms with E-state index in [4.69, 9.17) is 14.2 Å². The van der Waals surface area contributed by atoms with Crippen LogP contribution in [-0.2, 0) is 6.54 Å². The third-order valence-electron chi connectivity index (χ3n) is 3.07. The van der Waals surface area contributed by atoms with Crippen LogP contribution in [-0.4, -0.2) is 31.2 Å². The molecule has 1 aromatic rings. The maximum absolute atomic E-state index is 9.33. The Morgan fingerprint density at radius 3 is 2.84 bits per heavy atom. The van der Waals surface area contributed by atoms with E-state index in [1.807, 2.05) is 12.1 Å². The van der Waals surface area contributed by atoms with Crippen molar-refractivity contribution in [2.75, 3.05) is 13.9 Å². The molecule has 19 heavy (non-hydrogen) atoms. The number of rotatable bonds is 6. The molecule has 0 bridgehead atoms. The van der Waals surface area contributed by atoms with Gasteiger partial charge in [-0.25, -0.2) is 0 Å². The van der Waals surface area contributed by atoms with Crippen molar-refractivity contribution in [3.8, 4) is 17.2 Å². The largest absolute Gasteiger partial charge is 0.493 e. The number of aliphatic hydroxyl groups is 1. The van der Waals surface area contributed by atoms with Crippen LogP contribution < -0.4 is 19.5 Å². The second-order valence-electron chi connectivity index (χ2n) is 4.90. The van der Waals surface area contributed by atoms with E-state index in [2.05, 4.69) is 12.2 Å². The lowest BCUT2D eigenvalue weighted by atomic mass is 10.1. The number of aliphatic hydroxyl groups excluding tert-OH is 1. The Bertz CT molecular complexity index is 434. The van der Waals surface area contributed by atoms with Crippen LogP contribution in [0.1, 0.15) is 25.8 Å². The van der Waals surface area contributed by atoms with E-state index in [1.165, 1.54) is 0 Å². The fourth-order valence-corrected chi connectivity index (χ4v) is 2.17. The molecule has 0 spiro atoms. The van der Waals surface area contributed by atoms with Crippen LogP contribution >= 0.6 is 0 Å². The van der Waals surface area contributed by atoms with Crippen molar-refractivity contribution in [1.82, 2.24) is 5.32 Å². The van der Waals surface area contributed by atoms with E-state index in [1.54, 1.807) is 14.0 Å². The van der Waals surface area contributed by atoms with Crippen LogP contribution in [0.5, 0.6) is 17.2 Å². The molecule has 0 amide bonds. The number of methoxy groups -OCH3 is 1. The molecule has 1 aromatic carbocycles. The van der Waals surface area contributed by atoms with Gasteiger partial charge >= 0.3 is 0 Å². The highest BCUT2D eigenvalue weighted by Gasteiger charge is 2.20. The van der Waals surface area contributed by atoms with E-state index in [-0.39, 0.29) is 18.9 Å². The number of fused-ring (bicyclic) bond motifs is 1. The predicted molar refractivity (Wildman–Crippen MR) is 71.7 cm³/mol. The van der Waals surface area contributed by atoms with Gasteiger partial charge in [0.15, 0.2) is 11.5 Å². The zero-order chi connectivity index (χ0) is 13.8. The average Bonchev–Trinajstić information content (AvgIpc) is 2.82. The van der Waals surface area contributed by atoms with E-state index in [0.717, 1.165) is 17.7 Å². The number of hydrogen-bond acceptors (Lipinski definition) is 5. The minimum atomic E-state index is -0.297. The van der Waals surface area contributed by atoms with Crippen LogP contribution in [0.4, 0.5) is 0 Å². The molecule has 2 unspecified atom stereocenters. The Balaban J connectivity index is 2.01. The van der Waals surface area contributed by atoms with Gasteiger partial charge in [0.05, 0.1) is 13.2 Å². The normalized spacial score (nSPS) is 16.2. The first-order chi connectivity index (χ1) is 9.10. The van der Waals surface area contributed by atoms with E-state index in [0.29, 0.717) is 18.0 Å². The average molecular weight is 267 g/mol. The van der Waals surface area contributed by atoms with Gasteiger partial charge in [-0.1, -0.05) is 0 Å². The van der Waals surface area contributed by atoms with Crippen LogP contribution in [0.2, 0.25) is 0 Å². The highest BCUT2D eigenvalue weighted by atomic mass is 16.7. The first-order valence-corrected chi connectivity index (χ1v) is 6.48. The molecule has 1 aliphatic rings. The number of ether oxygens (including phenoxy) is 3. The molecule has 2 rings (SSSR count). The van der Waals surface area contributed by atoms with Crippen LogP contribution in [0.25, 0.3) is 0 Å². The minimum Gasteiger partial charge on any atom is -0.493 e. The fourth-order valence-electron chi connectivity index (χ4n) is 2.17. The second-order valence-corrected chi connectivity index (χ2v) is 4.90. The van der Waals surface area contributed by atoms with Gasteiger partial charge in [-0.2, -0.15) is 0 Å². The highest BCUT2D eigenvalue weighted by molar-refractivity contribution is 5.55. The zero-order valence-electron chi connectivity index (χ0n) is 11.6. The van der Waals surface area contributed by atoms with Crippen molar-refractivity contribution in [3.05, 3.63) is 17.7 Å². The lowest BCUT2D eigenvalue weighted by Crippen LogP contribution is -2.28. The summed E-state index contributed by atoms with van der Waals surface area (Å²) in [6, 6.07) is 4.14. The molecule has 0 aromatic heterocycles. The molecule has 106 valence electrons. The lowest BCUT2D eigenvalue weighted by Gasteiger charge is -2.16. The van der Waals surface area contributed by atoms with Crippen molar-refractivity contribution in [3.63, 3.8) is 0 Å². The molecule has 2 atom stereocenters. The van der Waals surface area contributed by atoms with E-state index in [9.17, 15) is 5.11 Å². The molecule has 0 saturated heterocycles. The summed E-state index contributed by atoms with van der Waals surface area (Å²) in [4.78, 5) is 0. The van der Waals surface area contributed by atoms with Gasteiger partial charge in [0.2, 0.25) is 12.5 Å². The molecule has 2 N–H and O–H groups in total. The zero-order valence-corrected chi connectivity index (χ0v) is 11.6. The molecule has 0 saturated carbocycles. The van der Waals surface area contributed by atoms with Gasteiger partial charge < -0.3 is 24.6 Å². The first kappa shape index (κ1) is 14.0. The SMILES string of the molecule is COc1cc(CNC(C)CC(C)O)cc2c1OCO2. The van der Waals surface area contributed by atoms with Crippen molar-refractivity contribution in [1.29, 1.82) is 0 Å². The van der Waals surface area contributed by atoms with Crippen LogP contribution in [0.3, 0.4) is 0 Å². The maximum Gasteiger partial charge on any atom is 0.231 e. The Kier molecular flexibility index (Phi) is 4.50. The summed E-state index contributed by atoms with van der Waals surface area (Å²) in [5.41, 5.74) is 1.07. The monoisotopic (exact) mass is 267 g/mol. The smallest absolute Gasteiger partial charge is 0.231 e. The molecule has 0 aliphatic carbocycles. The molecule has 5 nitrogen and oxygen atoms in total. The minimum absolute atomic E-state index is 0.237. The number of nitrogens with one attached hydrogen (secondary N) is 1. The molecule has 0 radical (unpaired) electrons. The molecule has 1 aliphatic heterocycles. The first-order valence-electron chi connectivity index (χ1n) is 6.48. The maximum atomic E-state index is 9.33. The molecule has 0 fully saturated rings. The highest BCUT2D eigenvalue weighted by Crippen LogP contribution is 2.41. The van der Waals surface area contributed by atoms with Crippen LogP contribution in [0.15, 0.2) is 12.1 Å². The summed E-state index contributed by atoms with van der Waals surface area (Å²) in [5.74, 6) is 2.08. The topological polar surface area (TPSA) is 60.0 Å². The van der Waals surface area contributed by atoms with E-state index >= 15 is 0 Å². The predicted octanol–water partition coefficient (Wildman–Crippen LogP) is 1.67. The third kappa shape index (κ3) is 3.52. The summed E-state index contributed by atoms with van der Waals surface area (Å²) in [5, 5.41) is 12.7. The van der Waals surface area contributed by atoms with Crippen LogP contribution in [0, 0.1) is 0 Å². The molecular weight excluding hydrogens is 246 g/mol. The summed E-state index contributed by atoms with van der Waals surface area (Å²) in [6.45, 7) is 4.78. The Morgan fingerprint density at radius 2 is 2.16 bits per heavy atom. The molecule has 1 heterocycles. The Labute approximate surface area is 113 Å². The quantitative estimate of drug-likeness (QED) is 0.821. The summed E-state index contributed by atoms with van der Waals surface area (Å²) >= 11 is 0. The van der Waals surface area contributed by atoms with Crippen molar-refractivity contribution in [2.24, 2.45) is 0 Å². The van der Waals surface area contributed by atoms with Crippen molar-refractivity contribution >= 4 is 0 Å². The summed E-state index contributed by atoms with van der Waals surface area (Å²) < 4.78 is 16.0. The lowest BCUT2D eigenvalue weighted by molar-refractivity contribution is 0.170. The summed E-state index contributed by atoms with van der Waals surface area (Å²) in [6.07, 6.45) is 0.426. The Morgan fingerprint density at radius 1 is 1.37 bits per heavy atom. The van der Waals surface area contributed by atoms with Crippen molar-refractivity contribution in [2.45, 2.75) is 39.0 Å². The standard InChI is InChI=1S/C14H21NO4/c1-9(4-10(2)16)15-7-11-5-12(17-3)14-13(6-11)18-8-19-14/h5-6,9-10,15-16H,4,7-8H2,1-3H3. The van der Waals surface area contributed by atoms with Gasteiger partial charge in [-0.3, -0.25) is 0 Å². The molecular formula is C14H21NO4. The van der Waals surface area contributed by atoms with Gasteiger partial charge in [-0.05, 0) is 38.0 Å². The number of benzene rings is 1. The van der Waals surface area contributed by atoms with Gasteiger partial charge in [0, 0.05) is 12.6 Å².